The Balaban J connectivity index is 1.73. The van der Waals surface area contributed by atoms with E-state index in [1.807, 2.05) is 12.1 Å². The molecule has 1 unspecified atom stereocenters. The zero-order valence-corrected chi connectivity index (χ0v) is 11.1. The van der Waals surface area contributed by atoms with Crippen molar-refractivity contribution in [3.8, 4) is 5.75 Å². The van der Waals surface area contributed by atoms with Crippen LogP contribution in [0.4, 0.5) is 0 Å². The quantitative estimate of drug-likeness (QED) is 0.743. The van der Waals surface area contributed by atoms with Crippen molar-refractivity contribution in [3.63, 3.8) is 0 Å². The molecular weight excluding hydrogens is 226 g/mol. The summed E-state index contributed by atoms with van der Waals surface area (Å²) in [5.41, 5.74) is 1.20. The van der Waals surface area contributed by atoms with Crippen molar-refractivity contribution in [2.45, 2.75) is 38.8 Å². The van der Waals surface area contributed by atoms with Crippen LogP contribution in [0.1, 0.15) is 31.7 Å². The van der Waals surface area contributed by atoms with Crippen LogP contribution in [0, 0.1) is 5.92 Å². The van der Waals surface area contributed by atoms with Gasteiger partial charge in [-0.2, -0.15) is 0 Å². The largest absolute Gasteiger partial charge is 0.494 e. The average molecular weight is 249 g/mol. The third-order valence-corrected chi connectivity index (χ3v) is 3.22. The molecule has 3 heteroatoms. The SMILES string of the molecule is CCCOc1cccc(CNCC(O)C2CC2)c1. The van der Waals surface area contributed by atoms with E-state index >= 15 is 0 Å². The van der Waals surface area contributed by atoms with Gasteiger partial charge in [0.1, 0.15) is 5.75 Å². The van der Waals surface area contributed by atoms with Crippen LogP contribution in [0.3, 0.4) is 0 Å². The van der Waals surface area contributed by atoms with Crippen LogP contribution in [0.5, 0.6) is 5.75 Å². The summed E-state index contributed by atoms with van der Waals surface area (Å²) >= 11 is 0. The summed E-state index contributed by atoms with van der Waals surface area (Å²) in [5, 5.41) is 13.1. The van der Waals surface area contributed by atoms with E-state index in [2.05, 4.69) is 24.4 Å². The molecule has 0 spiro atoms. The molecule has 0 aliphatic heterocycles. The van der Waals surface area contributed by atoms with Gasteiger partial charge in [-0.25, -0.2) is 0 Å². The van der Waals surface area contributed by atoms with Crippen LogP contribution in [0.2, 0.25) is 0 Å². The fraction of sp³-hybridized carbons (Fsp3) is 0.600. The van der Waals surface area contributed by atoms with Crippen LogP contribution < -0.4 is 10.1 Å². The second-order valence-electron chi connectivity index (χ2n) is 5.03. The Hall–Kier alpha value is -1.06. The van der Waals surface area contributed by atoms with Crippen LogP contribution in [-0.2, 0) is 6.54 Å². The van der Waals surface area contributed by atoms with Crippen LogP contribution in [-0.4, -0.2) is 24.4 Å². The molecule has 100 valence electrons. The molecule has 0 amide bonds. The lowest BCUT2D eigenvalue weighted by Gasteiger charge is -2.11. The average Bonchev–Trinajstić information content (AvgIpc) is 3.21. The van der Waals surface area contributed by atoms with Crippen molar-refractivity contribution in [1.82, 2.24) is 5.32 Å². The normalized spacial score (nSPS) is 16.6. The number of benzene rings is 1. The smallest absolute Gasteiger partial charge is 0.119 e. The molecule has 0 radical (unpaired) electrons. The highest BCUT2D eigenvalue weighted by molar-refractivity contribution is 5.28. The second kappa shape index (κ2) is 6.76. The standard InChI is InChI=1S/C15H23NO2/c1-2-8-18-14-5-3-4-12(9-14)10-16-11-15(17)13-6-7-13/h3-5,9,13,15-17H,2,6-8,10-11H2,1H3. The van der Waals surface area contributed by atoms with Crippen molar-refractivity contribution < 1.29 is 9.84 Å². The summed E-state index contributed by atoms with van der Waals surface area (Å²) in [6.07, 6.45) is 3.21. The molecule has 3 nitrogen and oxygen atoms in total. The van der Waals surface area contributed by atoms with Gasteiger partial charge in [0.05, 0.1) is 12.7 Å². The van der Waals surface area contributed by atoms with Gasteiger partial charge in [0.25, 0.3) is 0 Å². The zero-order chi connectivity index (χ0) is 12.8. The molecule has 1 aromatic carbocycles. The highest BCUT2D eigenvalue weighted by Gasteiger charge is 2.28. The van der Waals surface area contributed by atoms with Crippen molar-refractivity contribution in [1.29, 1.82) is 0 Å². The van der Waals surface area contributed by atoms with Gasteiger partial charge in [-0.1, -0.05) is 19.1 Å². The van der Waals surface area contributed by atoms with Gasteiger partial charge in [-0.15, -0.1) is 0 Å². The lowest BCUT2D eigenvalue weighted by atomic mass is 10.2. The molecule has 1 saturated carbocycles. The van der Waals surface area contributed by atoms with Crippen molar-refractivity contribution >= 4 is 0 Å². The maximum Gasteiger partial charge on any atom is 0.119 e. The lowest BCUT2D eigenvalue weighted by molar-refractivity contribution is 0.148. The van der Waals surface area contributed by atoms with Crippen molar-refractivity contribution in [2.24, 2.45) is 5.92 Å². The van der Waals surface area contributed by atoms with E-state index in [1.54, 1.807) is 0 Å². The molecule has 18 heavy (non-hydrogen) atoms. The Labute approximate surface area is 109 Å². The van der Waals surface area contributed by atoms with E-state index in [-0.39, 0.29) is 6.10 Å². The van der Waals surface area contributed by atoms with E-state index in [4.69, 9.17) is 4.74 Å². The molecule has 1 aromatic rings. The van der Waals surface area contributed by atoms with Gasteiger partial charge < -0.3 is 15.2 Å². The minimum atomic E-state index is -0.176. The van der Waals surface area contributed by atoms with Gasteiger partial charge in [0.15, 0.2) is 0 Å². The molecule has 1 atom stereocenters. The second-order valence-corrected chi connectivity index (χ2v) is 5.03. The molecule has 0 heterocycles. The molecular formula is C15H23NO2. The highest BCUT2D eigenvalue weighted by atomic mass is 16.5. The Morgan fingerprint density at radius 1 is 1.44 bits per heavy atom. The predicted octanol–water partition coefficient (Wildman–Crippen LogP) is 2.34. The third-order valence-electron chi connectivity index (χ3n) is 3.22. The summed E-state index contributed by atoms with van der Waals surface area (Å²) in [5.74, 6) is 1.47. The summed E-state index contributed by atoms with van der Waals surface area (Å²) < 4.78 is 5.59. The van der Waals surface area contributed by atoms with Gasteiger partial charge in [0.2, 0.25) is 0 Å². The van der Waals surface area contributed by atoms with Crippen molar-refractivity contribution in [3.05, 3.63) is 29.8 Å². The monoisotopic (exact) mass is 249 g/mol. The number of aliphatic hydroxyl groups is 1. The number of hydrogen-bond acceptors (Lipinski definition) is 3. The maximum atomic E-state index is 9.75. The molecule has 0 bridgehead atoms. The van der Waals surface area contributed by atoms with E-state index in [9.17, 15) is 5.11 Å². The fourth-order valence-electron chi connectivity index (χ4n) is 1.98. The molecule has 0 aromatic heterocycles. The minimum absolute atomic E-state index is 0.176. The molecule has 0 saturated heterocycles. The first kappa shape index (κ1) is 13.4. The number of ether oxygens (including phenoxy) is 1. The molecule has 2 rings (SSSR count). The topological polar surface area (TPSA) is 41.5 Å². The Morgan fingerprint density at radius 3 is 3.00 bits per heavy atom. The van der Waals surface area contributed by atoms with Crippen LogP contribution >= 0.6 is 0 Å². The Morgan fingerprint density at radius 2 is 2.28 bits per heavy atom. The van der Waals surface area contributed by atoms with E-state index in [0.29, 0.717) is 12.5 Å². The van der Waals surface area contributed by atoms with Crippen LogP contribution in [0.15, 0.2) is 24.3 Å². The molecule has 1 aliphatic rings. The van der Waals surface area contributed by atoms with Crippen LogP contribution in [0.25, 0.3) is 0 Å². The van der Waals surface area contributed by atoms with Crippen molar-refractivity contribution in [2.75, 3.05) is 13.2 Å². The minimum Gasteiger partial charge on any atom is -0.494 e. The number of rotatable bonds is 8. The number of aliphatic hydroxyl groups excluding tert-OH is 1. The maximum absolute atomic E-state index is 9.75. The first-order valence-electron chi connectivity index (χ1n) is 6.90. The third kappa shape index (κ3) is 4.31. The molecule has 2 N–H and O–H groups in total. The van der Waals surface area contributed by atoms with Gasteiger partial charge in [-0.05, 0) is 42.9 Å². The van der Waals surface area contributed by atoms with E-state index in [1.165, 1.54) is 18.4 Å². The summed E-state index contributed by atoms with van der Waals surface area (Å²) in [6.45, 7) is 4.33. The summed E-state index contributed by atoms with van der Waals surface area (Å²) in [4.78, 5) is 0. The van der Waals surface area contributed by atoms with Gasteiger partial charge >= 0.3 is 0 Å². The predicted molar refractivity (Wildman–Crippen MR) is 72.7 cm³/mol. The van der Waals surface area contributed by atoms with E-state index in [0.717, 1.165) is 25.3 Å². The Bertz CT molecular complexity index is 363. The number of hydrogen-bond donors (Lipinski definition) is 2. The summed E-state index contributed by atoms with van der Waals surface area (Å²) in [6, 6.07) is 8.14. The molecule has 1 fully saturated rings. The lowest BCUT2D eigenvalue weighted by Crippen LogP contribution is -2.27. The zero-order valence-electron chi connectivity index (χ0n) is 11.1. The van der Waals surface area contributed by atoms with E-state index < -0.39 is 0 Å². The van der Waals surface area contributed by atoms with Gasteiger partial charge in [0, 0.05) is 13.1 Å². The number of nitrogens with one attached hydrogen (secondary N) is 1. The fourth-order valence-corrected chi connectivity index (χ4v) is 1.98. The molecule has 1 aliphatic carbocycles. The Kier molecular flexibility index (Phi) is 5.02. The summed E-state index contributed by atoms with van der Waals surface area (Å²) in [7, 11) is 0. The first-order chi connectivity index (χ1) is 8.79. The van der Waals surface area contributed by atoms with Gasteiger partial charge in [-0.3, -0.25) is 0 Å². The first-order valence-corrected chi connectivity index (χ1v) is 6.90. The highest BCUT2D eigenvalue weighted by Crippen LogP contribution is 2.32.